The van der Waals surface area contributed by atoms with Crippen LogP contribution in [-0.4, -0.2) is 26.2 Å². The first-order chi connectivity index (χ1) is 6.33. The van der Waals surface area contributed by atoms with Gasteiger partial charge in [-0.1, -0.05) is 20.3 Å². The summed E-state index contributed by atoms with van der Waals surface area (Å²) in [7, 11) is 0. The molecule has 0 bridgehead atoms. The molecular formula is C11H24N2. The highest BCUT2D eigenvalue weighted by molar-refractivity contribution is 4.88. The Morgan fingerprint density at radius 3 is 2.77 bits per heavy atom. The predicted molar refractivity (Wildman–Crippen MR) is 58.0 cm³/mol. The molecule has 0 saturated carbocycles. The van der Waals surface area contributed by atoms with Crippen LogP contribution in [0.25, 0.3) is 0 Å². The highest BCUT2D eigenvalue weighted by atomic mass is 15.0. The normalized spacial score (nSPS) is 28.2. The van der Waals surface area contributed by atoms with E-state index in [0.29, 0.717) is 5.41 Å². The molecule has 1 unspecified atom stereocenters. The van der Waals surface area contributed by atoms with Gasteiger partial charge < -0.3 is 10.6 Å². The second kappa shape index (κ2) is 5.61. The molecule has 1 heterocycles. The Balaban J connectivity index is 2.16. The largest absolute Gasteiger partial charge is 0.316 e. The minimum atomic E-state index is 0.563. The third-order valence-corrected chi connectivity index (χ3v) is 3.29. The van der Waals surface area contributed by atoms with Crippen LogP contribution in [0.15, 0.2) is 0 Å². The topological polar surface area (TPSA) is 24.1 Å². The van der Waals surface area contributed by atoms with Gasteiger partial charge in [-0.3, -0.25) is 0 Å². The maximum Gasteiger partial charge on any atom is 0.00204 e. The summed E-state index contributed by atoms with van der Waals surface area (Å²) >= 11 is 0. The van der Waals surface area contributed by atoms with Crippen molar-refractivity contribution >= 4 is 0 Å². The first-order valence-electron chi connectivity index (χ1n) is 5.74. The molecule has 1 atom stereocenters. The number of rotatable bonds is 6. The molecule has 13 heavy (non-hydrogen) atoms. The Morgan fingerprint density at radius 1 is 1.38 bits per heavy atom. The van der Waals surface area contributed by atoms with Gasteiger partial charge in [0.15, 0.2) is 0 Å². The van der Waals surface area contributed by atoms with Crippen molar-refractivity contribution in [3.63, 3.8) is 0 Å². The lowest BCUT2D eigenvalue weighted by Gasteiger charge is -2.26. The van der Waals surface area contributed by atoms with Gasteiger partial charge >= 0.3 is 0 Å². The van der Waals surface area contributed by atoms with Gasteiger partial charge in [-0.25, -0.2) is 0 Å². The van der Waals surface area contributed by atoms with Gasteiger partial charge in [-0.05, 0) is 37.8 Å². The second-order valence-electron chi connectivity index (χ2n) is 4.31. The molecule has 0 amide bonds. The van der Waals surface area contributed by atoms with Gasteiger partial charge in [0.2, 0.25) is 0 Å². The van der Waals surface area contributed by atoms with Crippen LogP contribution in [0.5, 0.6) is 0 Å². The van der Waals surface area contributed by atoms with Crippen LogP contribution >= 0.6 is 0 Å². The Bertz CT molecular complexity index is 128. The summed E-state index contributed by atoms with van der Waals surface area (Å²) < 4.78 is 0. The molecule has 1 aliphatic heterocycles. The van der Waals surface area contributed by atoms with Crippen LogP contribution in [0.4, 0.5) is 0 Å². The Kier molecular flexibility index (Phi) is 4.74. The van der Waals surface area contributed by atoms with E-state index in [-0.39, 0.29) is 0 Å². The van der Waals surface area contributed by atoms with E-state index in [9.17, 15) is 0 Å². The third kappa shape index (κ3) is 3.28. The number of unbranched alkanes of at least 4 members (excludes halogenated alkanes) is 1. The van der Waals surface area contributed by atoms with Gasteiger partial charge in [0, 0.05) is 13.1 Å². The van der Waals surface area contributed by atoms with Crippen molar-refractivity contribution < 1.29 is 0 Å². The van der Waals surface area contributed by atoms with Crippen molar-refractivity contribution in [2.45, 2.75) is 39.5 Å². The molecule has 2 nitrogen and oxygen atoms in total. The van der Waals surface area contributed by atoms with Crippen LogP contribution < -0.4 is 10.6 Å². The molecule has 1 aliphatic rings. The van der Waals surface area contributed by atoms with Gasteiger partial charge in [-0.15, -0.1) is 0 Å². The van der Waals surface area contributed by atoms with Gasteiger partial charge in [0.1, 0.15) is 0 Å². The van der Waals surface area contributed by atoms with Crippen molar-refractivity contribution in [3.05, 3.63) is 0 Å². The number of hydrogen-bond donors (Lipinski definition) is 2. The Morgan fingerprint density at radius 2 is 2.23 bits per heavy atom. The fraction of sp³-hybridized carbons (Fsp3) is 1.00. The van der Waals surface area contributed by atoms with E-state index in [0.717, 1.165) is 0 Å². The van der Waals surface area contributed by atoms with Crippen LogP contribution in [0, 0.1) is 5.41 Å². The first kappa shape index (κ1) is 11.0. The summed E-state index contributed by atoms with van der Waals surface area (Å²) in [5.74, 6) is 0. The average Bonchev–Trinajstić information content (AvgIpc) is 2.62. The number of nitrogens with one attached hydrogen (secondary N) is 2. The van der Waals surface area contributed by atoms with Crippen LogP contribution in [0.3, 0.4) is 0 Å². The summed E-state index contributed by atoms with van der Waals surface area (Å²) in [4.78, 5) is 0. The lowest BCUT2D eigenvalue weighted by atomic mass is 9.84. The van der Waals surface area contributed by atoms with Gasteiger partial charge in [0.05, 0.1) is 0 Å². The van der Waals surface area contributed by atoms with Crippen LogP contribution in [0.2, 0.25) is 0 Å². The van der Waals surface area contributed by atoms with E-state index < -0.39 is 0 Å². The summed E-state index contributed by atoms with van der Waals surface area (Å²) in [6, 6.07) is 0. The molecule has 0 aromatic rings. The quantitative estimate of drug-likeness (QED) is 0.615. The fourth-order valence-electron chi connectivity index (χ4n) is 2.03. The van der Waals surface area contributed by atoms with Crippen molar-refractivity contribution in [1.82, 2.24) is 10.6 Å². The summed E-state index contributed by atoms with van der Waals surface area (Å²) in [5, 5.41) is 7.04. The van der Waals surface area contributed by atoms with Crippen molar-refractivity contribution in [2.75, 3.05) is 26.2 Å². The van der Waals surface area contributed by atoms with E-state index in [2.05, 4.69) is 24.5 Å². The zero-order chi connectivity index (χ0) is 9.57. The average molecular weight is 184 g/mol. The third-order valence-electron chi connectivity index (χ3n) is 3.29. The summed E-state index contributed by atoms with van der Waals surface area (Å²) in [6.45, 7) is 9.38. The molecule has 1 rings (SSSR count). The highest BCUT2D eigenvalue weighted by Gasteiger charge is 2.30. The van der Waals surface area contributed by atoms with E-state index in [4.69, 9.17) is 0 Å². The minimum absolute atomic E-state index is 0.563. The molecule has 78 valence electrons. The zero-order valence-electron chi connectivity index (χ0n) is 9.16. The van der Waals surface area contributed by atoms with Crippen molar-refractivity contribution in [2.24, 2.45) is 5.41 Å². The second-order valence-corrected chi connectivity index (χ2v) is 4.31. The first-order valence-corrected chi connectivity index (χ1v) is 5.74. The predicted octanol–water partition coefficient (Wildman–Crippen LogP) is 1.77. The monoisotopic (exact) mass is 184 g/mol. The Hall–Kier alpha value is -0.0800. The van der Waals surface area contributed by atoms with Crippen molar-refractivity contribution in [3.8, 4) is 0 Å². The zero-order valence-corrected chi connectivity index (χ0v) is 9.16. The minimum Gasteiger partial charge on any atom is -0.316 e. The van der Waals surface area contributed by atoms with E-state index in [1.807, 2.05) is 0 Å². The summed E-state index contributed by atoms with van der Waals surface area (Å²) in [5.41, 5.74) is 0.563. The smallest absolute Gasteiger partial charge is 0.00204 e. The molecule has 0 aliphatic carbocycles. The van der Waals surface area contributed by atoms with E-state index in [1.54, 1.807) is 0 Å². The van der Waals surface area contributed by atoms with Crippen LogP contribution in [-0.2, 0) is 0 Å². The lowest BCUT2D eigenvalue weighted by molar-refractivity contribution is 0.291. The molecule has 0 spiro atoms. The van der Waals surface area contributed by atoms with Crippen molar-refractivity contribution in [1.29, 1.82) is 0 Å². The molecule has 1 saturated heterocycles. The molecule has 0 aromatic carbocycles. The SMILES string of the molecule is CCCCNCC1(CC)CCNC1. The Labute approximate surface area is 82.5 Å². The lowest BCUT2D eigenvalue weighted by Crippen LogP contribution is -2.36. The number of hydrogen-bond acceptors (Lipinski definition) is 2. The van der Waals surface area contributed by atoms with E-state index in [1.165, 1.54) is 51.9 Å². The highest BCUT2D eigenvalue weighted by Crippen LogP contribution is 2.28. The molecule has 1 fully saturated rings. The molecule has 0 aromatic heterocycles. The molecule has 2 heteroatoms. The summed E-state index contributed by atoms with van der Waals surface area (Å²) in [6.07, 6.45) is 5.26. The molecule has 0 radical (unpaired) electrons. The molecule has 2 N–H and O–H groups in total. The molecular weight excluding hydrogens is 160 g/mol. The van der Waals surface area contributed by atoms with Gasteiger partial charge in [-0.2, -0.15) is 0 Å². The maximum atomic E-state index is 3.58. The van der Waals surface area contributed by atoms with E-state index >= 15 is 0 Å². The van der Waals surface area contributed by atoms with Crippen LogP contribution in [0.1, 0.15) is 39.5 Å². The van der Waals surface area contributed by atoms with Gasteiger partial charge in [0.25, 0.3) is 0 Å². The fourth-order valence-corrected chi connectivity index (χ4v) is 2.03. The standard InChI is InChI=1S/C11H24N2/c1-3-5-7-12-9-11(4-2)6-8-13-10-11/h12-13H,3-10H2,1-2H3. The maximum absolute atomic E-state index is 3.58.